The van der Waals surface area contributed by atoms with Crippen LogP contribution in [0.25, 0.3) is 0 Å². The van der Waals surface area contributed by atoms with Gasteiger partial charge in [-0.1, -0.05) is 32.1 Å². The van der Waals surface area contributed by atoms with Gasteiger partial charge in [0.1, 0.15) is 0 Å². The molecule has 1 unspecified atom stereocenters. The fourth-order valence-corrected chi connectivity index (χ4v) is 2.15. The Kier molecular flexibility index (Phi) is 6.54. The Balaban J connectivity index is 2.51. The molecule has 3 heteroatoms. The van der Waals surface area contributed by atoms with Gasteiger partial charge >= 0.3 is 5.97 Å². The first-order valence-electron chi connectivity index (χ1n) is 7.15. The third kappa shape index (κ3) is 5.01. The van der Waals surface area contributed by atoms with Crippen LogP contribution in [0.15, 0.2) is 24.3 Å². The lowest BCUT2D eigenvalue weighted by Crippen LogP contribution is -2.21. The fourth-order valence-electron chi connectivity index (χ4n) is 2.15. The van der Waals surface area contributed by atoms with Crippen LogP contribution in [0, 0.1) is 11.8 Å². The van der Waals surface area contributed by atoms with Gasteiger partial charge in [-0.2, -0.15) is 0 Å². The predicted octanol–water partition coefficient (Wildman–Crippen LogP) is 3.45. The molecule has 0 spiro atoms. The molecule has 0 saturated carbocycles. The first kappa shape index (κ1) is 15.7. The number of ketones is 1. The van der Waals surface area contributed by atoms with Crippen LogP contribution in [-0.2, 0) is 14.3 Å². The molecule has 0 saturated heterocycles. The molecular formula is C16H24O3. The first-order valence-corrected chi connectivity index (χ1v) is 7.15. The van der Waals surface area contributed by atoms with E-state index in [1.54, 1.807) is 6.08 Å². The van der Waals surface area contributed by atoms with Gasteiger partial charge in [-0.25, -0.2) is 0 Å². The second-order valence-corrected chi connectivity index (χ2v) is 5.06. The van der Waals surface area contributed by atoms with Gasteiger partial charge in [0.15, 0.2) is 5.78 Å². The summed E-state index contributed by atoms with van der Waals surface area (Å²) in [5.41, 5.74) is 0. The van der Waals surface area contributed by atoms with Crippen LogP contribution in [0.1, 0.15) is 46.5 Å². The second-order valence-electron chi connectivity index (χ2n) is 5.06. The van der Waals surface area contributed by atoms with Gasteiger partial charge in [-0.15, -0.1) is 0 Å². The summed E-state index contributed by atoms with van der Waals surface area (Å²) >= 11 is 0. The smallest absolute Gasteiger partial charge is 0.306 e. The summed E-state index contributed by atoms with van der Waals surface area (Å²) in [7, 11) is 0. The average molecular weight is 264 g/mol. The van der Waals surface area contributed by atoms with Crippen LogP contribution in [0.4, 0.5) is 0 Å². The number of carbonyl (C=O) groups is 2. The maximum absolute atomic E-state index is 11.8. The number of rotatable bonds is 7. The highest BCUT2D eigenvalue weighted by Crippen LogP contribution is 2.29. The molecule has 0 aromatic rings. The van der Waals surface area contributed by atoms with Crippen molar-refractivity contribution in [2.45, 2.75) is 52.6 Å². The highest BCUT2D eigenvalue weighted by Gasteiger charge is 2.31. The molecular weight excluding hydrogens is 240 g/mol. The summed E-state index contributed by atoms with van der Waals surface area (Å²) in [6.07, 6.45) is 10.3. The van der Waals surface area contributed by atoms with Crippen LogP contribution < -0.4 is 0 Å². The summed E-state index contributed by atoms with van der Waals surface area (Å²) < 4.78 is 5.27. The molecule has 1 aliphatic carbocycles. The molecule has 1 rings (SSSR count). The highest BCUT2D eigenvalue weighted by atomic mass is 16.5. The van der Waals surface area contributed by atoms with Crippen LogP contribution in [0.5, 0.6) is 0 Å². The maximum Gasteiger partial charge on any atom is 0.306 e. The number of hydrogen-bond donors (Lipinski definition) is 0. The fraction of sp³-hybridized carbons (Fsp3) is 0.625. The molecule has 0 radical (unpaired) electrons. The Hall–Kier alpha value is -1.38. The van der Waals surface area contributed by atoms with Gasteiger partial charge in [0, 0.05) is 5.92 Å². The molecule has 0 aliphatic heterocycles. The number of carbonyl (C=O) groups excluding carboxylic acids is 2. The van der Waals surface area contributed by atoms with Crippen LogP contribution in [0.2, 0.25) is 0 Å². The van der Waals surface area contributed by atoms with Gasteiger partial charge < -0.3 is 4.74 Å². The lowest BCUT2D eigenvalue weighted by molar-refractivity contribution is -0.149. The monoisotopic (exact) mass is 264 g/mol. The summed E-state index contributed by atoms with van der Waals surface area (Å²) in [6.45, 7) is 5.93. The summed E-state index contributed by atoms with van der Waals surface area (Å²) in [5, 5.41) is 0. The van der Waals surface area contributed by atoms with Crippen molar-refractivity contribution in [2.75, 3.05) is 0 Å². The topological polar surface area (TPSA) is 43.4 Å². The van der Waals surface area contributed by atoms with Crippen molar-refractivity contribution in [3.05, 3.63) is 24.3 Å². The molecule has 3 atom stereocenters. The van der Waals surface area contributed by atoms with E-state index in [9.17, 15) is 9.59 Å². The maximum atomic E-state index is 11.8. The van der Waals surface area contributed by atoms with Gasteiger partial charge in [-0.3, -0.25) is 9.59 Å². The molecule has 0 aromatic heterocycles. The van der Waals surface area contributed by atoms with Gasteiger partial charge in [0.2, 0.25) is 0 Å². The van der Waals surface area contributed by atoms with E-state index in [1.165, 1.54) is 0 Å². The quantitative estimate of drug-likeness (QED) is 0.522. The van der Waals surface area contributed by atoms with Gasteiger partial charge in [-0.05, 0) is 38.2 Å². The molecule has 1 aliphatic rings. The Labute approximate surface area is 115 Å². The van der Waals surface area contributed by atoms with Crippen molar-refractivity contribution in [3.8, 4) is 0 Å². The summed E-state index contributed by atoms with van der Waals surface area (Å²) in [5.74, 6) is -0.178. The average Bonchev–Trinajstić information content (AvgIpc) is 2.71. The van der Waals surface area contributed by atoms with Crippen molar-refractivity contribution in [2.24, 2.45) is 11.8 Å². The summed E-state index contributed by atoms with van der Waals surface area (Å²) in [6, 6.07) is 0. The third-order valence-electron chi connectivity index (χ3n) is 3.49. The number of hydrogen-bond acceptors (Lipinski definition) is 3. The lowest BCUT2D eigenvalue weighted by atomic mass is 9.89. The van der Waals surface area contributed by atoms with Crippen molar-refractivity contribution < 1.29 is 14.3 Å². The second kappa shape index (κ2) is 7.93. The Morgan fingerprint density at radius 2 is 2.16 bits per heavy atom. The molecule has 106 valence electrons. The van der Waals surface area contributed by atoms with Gasteiger partial charge in [0.25, 0.3) is 0 Å². The molecule has 0 N–H and O–H groups in total. The number of esters is 1. The van der Waals surface area contributed by atoms with Crippen molar-refractivity contribution in [3.63, 3.8) is 0 Å². The van der Waals surface area contributed by atoms with Crippen LogP contribution in [-0.4, -0.2) is 17.9 Å². The molecule has 0 amide bonds. The number of allylic oxidation sites excluding steroid dienone is 4. The van der Waals surface area contributed by atoms with E-state index < -0.39 is 0 Å². The predicted molar refractivity (Wildman–Crippen MR) is 75.6 cm³/mol. The van der Waals surface area contributed by atoms with E-state index in [0.717, 1.165) is 12.8 Å². The number of ether oxygens (including phenoxy) is 1. The summed E-state index contributed by atoms with van der Waals surface area (Å²) in [4.78, 5) is 23.5. The standard InChI is InChI=1S/C16H24O3/c1-4-6-7-8-14-13(9-10-15(14)17)11-16(18)19-12(3)5-2/h6-7,9-10,12-14H,4-5,8,11H2,1-3H3/b7-6-/t12?,13-,14+/m0/s1. The van der Waals surface area contributed by atoms with E-state index in [-0.39, 0.29) is 29.7 Å². The minimum atomic E-state index is -0.205. The van der Waals surface area contributed by atoms with Crippen molar-refractivity contribution in [1.29, 1.82) is 0 Å². The normalized spacial score (nSPS) is 24.1. The SMILES string of the molecule is CC/C=C\C[C@H]1C(=O)C=C[C@H]1CC(=O)OC(C)CC. The third-order valence-corrected chi connectivity index (χ3v) is 3.49. The zero-order valence-corrected chi connectivity index (χ0v) is 12.1. The zero-order chi connectivity index (χ0) is 14.3. The van der Waals surface area contributed by atoms with Crippen LogP contribution in [0.3, 0.4) is 0 Å². The molecule has 0 fully saturated rings. The minimum Gasteiger partial charge on any atom is -0.463 e. The minimum absolute atomic E-state index is 0.00874. The van der Waals surface area contributed by atoms with E-state index in [1.807, 2.05) is 26.0 Å². The first-order chi connectivity index (χ1) is 9.08. The van der Waals surface area contributed by atoms with E-state index in [0.29, 0.717) is 12.8 Å². The highest BCUT2D eigenvalue weighted by molar-refractivity contribution is 5.95. The van der Waals surface area contributed by atoms with E-state index in [2.05, 4.69) is 13.0 Å². The van der Waals surface area contributed by atoms with Crippen molar-refractivity contribution in [1.82, 2.24) is 0 Å². The Morgan fingerprint density at radius 1 is 1.42 bits per heavy atom. The molecule has 0 bridgehead atoms. The molecule has 0 aromatic carbocycles. The van der Waals surface area contributed by atoms with E-state index >= 15 is 0 Å². The van der Waals surface area contributed by atoms with Crippen LogP contribution >= 0.6 is 0 Å². The zero-order valence-electron chi connectivity index (χ0n) is 12.1. The largest absolute Gasteiger partial charge is 0.463 e. The Morgan fingerprint density at radius 3 is 2.79 bits per heavy atom. The van der Waals surface area contributed by atoms with E-state index in [4.69, 9.17) is 4.74 Å². The lowest BCUT2D eigenvalue weighted by Gasteiger charge is -2.17. The Bertz CT molecular complexity index is 368. The molecule has 19 heavy (non-hydrogen) atoms. The van der Waals surface area contributed by atoms with Gasteiger partial charge in [0.05, 0.1) is 12.5 Å². The van der Waals surface area contributed by atoms with Crippen molar-refractivity contribution >= 4 is 11.8 Å². The molecule has 0 heterocycles. The molecule has 3 nitrogen and oxygen atoms in total.